The molecule has 0 fully saturated rings. The van der Waals surface area contributed by atoms with Gasteiger partial charge in [0.15, 0.2) is 0 Å². The predicted octanol–water partition coefficient (Wildman–Crippen LogP) is 3.77. The Bertz CT molecular complexity index is 681. The Morgan fingerprint density at radius 3 is 2.73 bits per heavy atom. The van der Waals surface area contributed by atoms with Crippen LogP contribution in [0.5, 0.6) is 0 Å². The van der Waals surface area contributed by atoms with Crippen molar-refractivity contribution < 1.29 is 19.2 Å². The van der Waals surface area contributed by atoms with Gasteiger partial charge >= 0.3 is 5.97 Å². The van der Waals surface area contributed by atoms with Gasteiger partial charge in [0.05, 0.1) is 19.3 Å². The Hall–Kier alpha value is -2.14. The van der Waals surface area contributed by atoms with Crippen LogP contribution < -0.4 is 0 Å². The number of amides is 1. The fraction of sp³-hybridized carbons (Fsp3) is 0.524. The minimum absolute atomic E-state index is 0.0536. The van der Waals surface area contributed by atoms with E-state index in [-0.39, 0.29) is 17.8 Å². The van der Waals surface area contributed by atoms with Crippen molar-refractivity contribution >= 4 is 11.9 Å². The summed E-state index contributed by atoms with van der Waals surface area (Å²) in [6.45, 7) is 4.36. The molecule has 1 aliphatic rings. The third-order valence-corrected chi connectivity index (χ3v) is 4.79. The first kappa shape index (κ1) is 20.2. The maximum Gasteiger partial charge on any atom is 0.338 e. The SMILES string of the molecule is CON(C)C(=O)CC1CC/C=C/CCOC(=O)c2c(C)cc(C)cc2C1. The highest BCUT2D eigenvalue weighted by atomic mass is 16.7. The van der Waals surface area contributed by atoms with Gasteiger partial charge in [-0.1, -0.05) is 29.8 Å². The largest absolute Gasteiger partial charge is 0.462 e. The number of fused-ring (bicyclic) bond motifs is 1. The molecule has 5 nitrogen and oxygen atoms in total. The molecule has 0 radical (unpaired) electrons. The van der Waals surface area contributed by atoms with E-state index < -0.39 is 0 Å². The molecular weight excluding hydrogens is 330 g/mol. The number of carbonyl (C=O) groups excluding carboxylic acids is 2. The maximum atomic E-state index is 12.6. The van der Waals surface area contributed by atoms with Crippen molar-refractivity contribution in [2.24, 2.45) is 5.92 Å². The summed E-state index contributed by atoms with van der Waals surface area (Å²) in [7, 11) is 3.11. The molecular formula is C21H29NO4. The Morgan fingerprint density at radius 1 is 1.27 bits per heavy atom. The van der Waals surface area contributed by atoms with E-state index in [9.17, 15) is 9.59 Å². The quantitative estimate of drug-likeness (QED) is 0.468. The number of hydrogen-bond acceptors (Lipinski definition) is 4. The zero-order chi connectivity index (χ0) is 19.1. The molecule has 0 spiro atoms. The Balaban J connectivity index is 2.34. The fourth-order valence-electron chi connectivity index (χ4n) is 3.43. The van der Waals surface area contributed by atoms with E-state index in [0.29, 0.717) is 31.4 Å². The van der Waals surface area contributed by atoms with Gasteiger partial charge in [0.25, 0.3) is 0 Å². The van der Waals surface area contributed by atoms with Crippen LogP contribution in [0, 0.1) is 19.8 Å². The van der Waals surface area contributed by atoms with E-state index in [1.165, 1.54) is 12.2 Å². The van der Waals surface area contributed by atoms with Crippen LogP contribution in [0.2, 0.25) is 0 Å². The second-order valence-corrected chi connectivity index (χ2v) is 6.94. The third kappa shape index (κ3) is 5.43. The molecule has 1 aromatic carbocycles. The Labute approximate surface area is 155 Å². The number of aryl methyl sites for hydroxylation is 2. The van der Waals surface area contributed by atoms with Gasteiger partial charge in [-0.2, -0.15) is 0 Å². The van der Waals surface area contributed by atoms with Crippen molar-refractivity contribution in [1.82, 2.24) is 5.06 Å². The molecule has 0 N–H and O–H groups in total. The standard InChI is InChI=1S/C21H29NO4/c1-15-11-16(2)20-18(12-15)13-17(14-19(23)22(3)25-4)9-7-5-6-8-10-26-21(20)24/h5-6,11-12,17H,7-10,13-14H2,1-4H3/b6-5+. The van der Waals surface area contributed by atoms with E-state index in [2.05, 4.69) is 6.08 Å². The highest BCUT2D eigenvalue weighted by molar-refractivity contribution is 5.93. The summed E-state index contributed by atoms with van der Waals surface area (Å²) in [6, 6.07) is 4.05. The van der Waals surface area contributed by atoms with Gasteiger partial charge in [-0.3, -0.25) is 9.63 Å². The number of benzene rings is 1. The van der Waals surface area contributed by atoms with Gasteiger partial charge in [0, 0.05) is 13.5 Å². The van der Waals surface area contributed by atoms with Crippen LogP contribution >= 0.6 is 0 Å². The van der Waals surface area contributed by atoms with Gasteiger partial charge in [-0.15, -0.1) is 0 Å². The monoisotopic (exact) mass is 359 g/mol. The zero-order valence-electron chi connectivity index (χ0n) is 16.2. The van der Waals surface area contributed by atoms with Crippen molar-refractivity contribution in [2.75, 3.05) is 20.8 Å². The lowest BCUT2D eigenvalue weighted by molar-refractivity contribution is -0.169. The highest BCUT2D eigenvalue weighted by Gasteiger charge is 2.22. The van der Waals surface area contributed by atoms with Crippen molar-refractivity contribution in [1.29, 1.82) is 0 Å². The van der Waals surface area contributed by atoms with Crippen molar-refractivity contribution in [3.8, 4) is 0 Å². The van der Waals surface area contributed by atoms with Crippen LogP contribution in [0.3, 0.4) is 0 Å². The van der Waals surface area contributed by atoms with E-state index in [4.69, 9.17) is 9.57 Å². The van der Waals surface area contributed by atoms with Gasteiger partial charge < -0.3 is 4.74 Å². The molecule has 0 aromatic heterocycles. The van der Waals surface area contributed by atoms with E-state index in [0.717, 1.165) is 29.5 Å². The Kier molecular flexibility index (Phi) is 7.39. The summed E-state index contributed by atoms with van der Waals surface area (Å²) >= 11 is 0. The molecule has 1 aliphatic heterocycles. The van der Waals surface area contributed by atoms with Crippen LogP contribution in [0.25, 0.3) is 0 Å². The average molecular weight is 359 g/mol. The van der Waals surface area contributed by atoms with Gasteiger partial charge in [0.1, 0.15) is 0 Å². The average Bonchev–Trinajstić information content (AvgIpc) is 2.58. The van der Waals surface area contributed by atoms with Crippen LogP contribution in [0.15, 0.2) is 24.3 Å². The van der Waals surface area contributed by atoms with Crippen LogP contribution in [-0.4, -0.2) is 37.7 Å². The number of esters is 1. The molecule has 0 saturated heterocycles. The third-order valence-electron chi connectivity index (χ3n) is 4.79. The molecule has 1 heterocycles. The molecule has 1 unspecified atom stereocenters. The summed E-state index contributed by atoms with van der Waals surface area (Å²) in [5.74, 6) is -0.190. The van der Waals surface area contributed by atoms with Crippen LogP contribution in [0.1, 0.15) is 52.7 Å². The van der Waals surface area contributed by atoms with E-state index in [1.54, 1.807) is 7.05 Å². The fourth-order valence-corrected chi connectivity index (χ4v) is 3.43. The number of cyclic esters (lactones) is 1. The van der Waals surface area contributed by atoms with Gasteiger partial charge in [-0.25, -0.2) is 9.86 Å². The number of carbonyl (C=O) groups is 2. The smallest absolute Gasteiger partial charge is 0.338 e. The molecule has 0 saturated carbocycles. The number of nitrogens with zero attached hydrogens (tertiary/aromatic N) is 1. The number of allylic oxidation sites excluding steroid dienone is 1. The highest BCUT2D eigenvalue weighted by Crippen LogP contribution is 2.26. The van der Waals surface area contributed by atoms with Crippen molar-refractivity contribution in [3.63, 3.8) is 0 Å². The molecule has 26 heavy (non-hydrogen) atoms. The lowest BCUT2D eigenvalue weighted by Gasteiger charge is -2.22. The number of ether oxygens (including phenoxy) is 1. The predicted molar refractivity (Wildman–Crippen MR) is 101 cm³/mol. The van der Waals surface area contributed by atoms with Crippen molar-refractivity contribution in [3.05, 3.63) is 46.5 Å². The molecule has 1 atom stereocenters. The van der Waals surface area contributed by atoms with Gasteiger partial charge in [0.2, 0.25) is 5.91 Å². The van der Waals surface area contributed by atoms with Crippen molar-refractivity contribution in [2.45, 2.75) is 46.0 Å². The number of hydrogen-bond donors (Lipinski definition) is 0. The zero-order valence-corrected chi connectivity index (χ0v) is 16.2. The molecule has 0 bridgehead atoms. The topological polar surface area (TPSA) is 55.8 Å². The van der Waals surface area contributed by atoms with Gasteiger partial charge in [-0.05, 0) is 56.6 Å². The second-order valence-electron chi connectivity index (χ2n) is 6.94. The maximum absolute atomic E-state index is 12.6. The minimum Gasteiger partial charge on any atom is -0.462 e. The lowest BCUT2D eigenvalue weighted by Crippen LogP contribution is -2.28. The van der Waals surface area contributed by atoms with E-state index in [1.807, 2.05) is 32.1 Å². The minimum atomic E-state index is -0.273. The first-order valence-electron chi connectivity index (χ1n) is 9.15. The summed E-state index contributed by atoms with van der Waals surface area (Å²) in [5.41, 5.74) is 3.66. The lowest BCUT2D eigenvalue weighted by atomic mass is 9.87. The first-order chi connectivity index (χ1) is 12.4. The summed E-state index contributed by atoms with van der Waals surface area (Å²) in [5, 5.41) is 1.27. The second kappa shape index (κ2) is 9.53. The molecule has 0 aliphatic carbocycles. The summed E-state index contributed by atoms with van der Waals surface area (Å²) in [4.78, 5) is 29.9. The molecule has 5 heteroatoms. The van der Waals surface area contributed by atoms with Crippen LogP contribution in [0.4, 0.5) is 0 Å². The molecule has 1 aromatic rings. The molecule has 142 valence electrons. The number of hydroxylamine groups is 2. The Morgan fingerprint density at radius 2 is 2.00 bits per heavy atom. The molecule has 1 amide bonds. The first-order valence-corrected chi connectivity index (χ1v) is 9.15. The normalized spacial score (nSPS) is 19.5. The van der Waals surface area contributed by atoms with E-state index >= 15 is 0 Å². The number of rotatable bonds is 3. The summed E-state index contributed by atoms with van der Waals surface area (Å²) < 4.78 is 5.45. The summed E-state index contributed by atoms with van der Waals surface area (Å²) in [6.07, 6.45) is 7.71. The van der Waals surface area contributed by atoms with Crippen LogP contribution in [-0.2, 0) is 20.8 Å². The molecule has 2 rings (SSSR count).